The molecule has 2 aromatic carbocycles. The Balaban J connectivity index is 1.79. The van der Waals surface area contributed by atoms with Crippen molar-refractivity contribution in [2.24, 2.45) is 0 Å². The van der Waals surface area contributed by atoms with Crippen molar-refractivity contribution in [2.75, 3.05) is 19.0 Å². The van der Waals surface area contributed by atoms with Gasteiger partial charge in [-0.05, 0) is 36.2 Å². The molecule has 2 N–H and O–H groups in total. The number of hydrogen-bond donors (Lipinski definition) is 2. The third kappa shape index (κ3) is 5.64. The Morgan fingerprint density at radius 1 is 1.04 bits per heavy atom. The molecule has 126 valence electrons. The van der Waals surface area contributed by atoms with E-state index in [9.17, 15) is 9.59 Å². The van der Waals surface area contributed by atoms with Gasteiger partial charge in [-0.3, -0.25) is 4.79 Å². The molecule has 0 aliphatic carbocycles. The van der Waals surface area contributed by atoms with Crippen molar-refractivity contribution >= 4 is 17.7 Å². The van der Waals surface area contributed by atoms with E-state index in [1.54, 1.807) is 31.4 Å². The maximum Gasteiger partial charge on any atom is 0.319 e. The zero-order chi connectivity index (χ0) is 17.4. The number of rotatable bonds is 6. The van der Waals surface area contributed by atoms with Crippen LogP contribution in [0.1, 0.15) is 12.5 Å². The molecule has 0 unspecified atom stereocenters. The number of urea groups is 1. The second-order valence-electron chi connectivity index (χ2n) is 5.10. The van der Waals surface area contributed by atoms with Gasteiger partial charge in [-0.2, -0.15) is 0 Å². The minimum Gasteiger partial charge on any atom is -0.497 e. The van der Waals surface area contributed by atoms with Crippen molar-refractivity contribution in [1.82, 2.24) is 5.32 Å². The lowest BCUT2D eigenvalue weighted by Crippen LogP contribution is -2.30. The number of carbonyl (C=O) groups is 2. The molecule has 0 aromatic heterocycles. The van der Waals surface area contributed by atoms with E-state index in [2.05, 4.69) is 10.6 Å². The first-order valence-electron chi connectivity index (χ1n) is 7.53. The normalized spacial score (nSPS) is 9.92. The average Bonchev–Trinajstić information content (AvgIpc) is 2.55. The number of nitrogens with one attached hydrogen (secondary N) is 2. The van der Waals surface area contributed by atoms with Gasteiger partial charge < -0.3 is 20.1 Å². The highest BCUT2D eigenvalue weighted by atomic mass is 16.5. The summed E-state index contributed by atoms with van der Waals surface area (Å²) in [5.41, 5.74) is 1.66. The van der Waals surface area contributed by atoms with Crippen molar-refractivity contribution in [3.8, 4) is 11.5 Å². The minimum absolute atomic E-state index is 0.316. The predicted molar refractivity (Wildman–Crippen MR) is 91.5 cm³/mol. The van der Waals surface area contributed by atoms with E-state index >= 15 is 0 Å². The summed E-state index contributed by atoms with van der Waals surface area (Å²) in [6.45, 7) is 1.83. The third-order valence-electron chi connectivity index (χ3n) is 3.21. The van der Waals surface area contributed by atoms with Crippen LogP contribution in [0.15, 0.2) is 48.5 Å². The molecule has 6 heteroatoms. The fraction of sp³-hybridized carbons (Fsp3) is 0.222. The second kappa shape index (κ2) is 8.57. The van der Waals surface area contributed by atoms with Crippen molar-refractivity contribution in [2.45, 2.75) is 13.3 Å². The molecule has 6 nitrogen and oxygen atoms in total. The van der Waals surface area contributed by atoms with E-state index in [0.717, 1.165) is 11.3 Å². The molecule has 0 spiro atoms. The van der Waals surface area contributed by atoms with Gasteiger partial charge in [-0.15, -0.1) is 0 Å². The Morgan fingerprint density at radius 3 is 2.46 bits per heavy atom. The van der Waals surface area contributed by atoms with E-state index in [-0.39, 0.29) is 6.03 Å². The van der Waals surface area contributed by atoms with Gasteiger partial charge in [0.15, 0.2) is 0 Å². The van der Waals surface area contributed by atoms with Gasteiger partial charge in [-0.1, -0.05) is 18.2 Å². The van der Waals surface area contributed by atoms with Crippen LogP contribution in [0.25, 0.3) is 0 Å². The number of anilines is 1. The molecule has 0 heterocycles. The van der Waals surface area contributed by atoms with E-state index in [0.29, 0.717) is 24.4 Å². The number of hydrogen-bond acceptors (Lipinski definition) is 4. The van der Waals surface area contributed by atoms with Crippen LogP contribution in [0.2, 0.25) is 0 Å². The Labute approximate surface area is 140 Å². The smallest absolute Gasteiger partial charge is 0.319 e. The summed E-state index contributed by atoms with van der Waals surface area (Å²) in [4.78, 5) is 22.8. The van der Waals surface area contributed by atoms with Crippen LogP contribution in [0.5, 0.6) is 11.5 Å². The highest BCUT2D eigenvalue weighted by molar-refractivity contribution is 5.89. The Morgan fingerprint density at radius 2 is 1.79 bits per heavy atom. The summed E-state index contributed by atoms with van der Waals surface area (Å²) in [5.74, 6) is 0.784. The maximum atomic E-state index is 11.9. The summed E-state index contributed by atoms with van der Waals surface area (Å²) >= 11 is 0. The Hall–Kier alpha value is -3.02. The van der Waals surface area contributed by atoms with Crippen LogP contribution in [0.4, 0.5) is 10.5 Å². The number of carbonyl (C=O) groups excluding carboxylic acids is 2. The van der Waals surface area contributed by atoms with Gasteiger partial charge in [0.2, 0.25) is 0 Å². The van der Waals surface area contributed by atoms with E-state index in [1.807, 2.05) is 24.3 Å². The molecule has 0 saturated carbocycles. The molecule has 0 bridgehead atoms. The van der Waals surface area contributed by atoms with Crippen LogP contribution in [0.3, 0.4) is 0 Å². The van der Waals surface area contributed by atoms with Gasteiger partial charge in [0.05, 0.1) is 7.11 Å². The van der Waals surface area contributed by atoms with Gasteiger partial charge in [0.1, 0.15) is 11.5 Å². The van der Waals surface area contributed by atoms with Crippen LogP contribution in [-0.2, 0) is 11.2 Å². The Bertz CT molecular complexity index is 698. The maximum absolute atomic E-state index is 11.9. The molecule has 0 atom stereocenters. The molecular weight excluding hydrogens is 308 g/mol. The summed E-state index contributed by atoms with van der Waals surface area (Å²) in [5, 5.41) is 5.48. The lowest BCUT2D eigenvalue weighted by atomic mass is 10.1. The summed E-state index contributed by atoms with van der Waals surface area (Å²) in [7, 11) is 1.62. The lowest BCUT2D eigenvalue weighted by Gasteiger charge is -2.09. The molecular formula is C18H20N2O4. The third-order valence-corrected chi connectivity index (χ3v) is 3.21. The van der Waals surface area contributed by atoms with E-state index < -0.39 is 5.97 Å². The first kappa shape index (κ1) is 17.3. The molecule has 2 rings (SSSR count). The van der Waals surface area contributed by atoms with Gasteiger partial charge in [0.25, 0.3) is 0 Å². The van der Waals surface area contributed by atoms with Gasteiger partial charge in [-0.25, -0.2) is 4.79 Å². The zero-order valence-corrected chi connectivity index (χ0v) is 13.7. The molecule has 0 fully saturated rings. The standard InChI is InChI=1S/C18H20N2O4/c1-13(21)24-17-5-3-4-15(12-17)20-18(22)19-11-10-14-6-8-16(23-2)9-7-14/h3-9,12H,10-11H2,1-2H3,(H2,19,20,22). The lowest BCUT2D eigenvalue weighted by molar-refractivity contribution is -0.131. The minimum atomic E-state index is -0.406. The van der Waals surface area contributed by atoms with Crippen molar-refractivity contribution < 1.29 is 19.1 Å². The van der Waals surface area contributed by atoms with Crippen molar-refractivity contribution in [1.29, 1.82) is 0 Å². The fourth-order valence-electron chi connectivity index (χ4n) is 2.09. The van der Waals surface area contributed by atoms with Crippen molar-refractivity contribution in [3.05, 3.63) is 54.1 Å². The predicted octanol–water partition coefficient (Wildman–Crippen LogP) is 2.98. The van der Waals surface area contributed by atoms with E-state index in [4.69, 9.17) is 9.47 Å². The quantitative estimate of drug-likeness (QED) is 0.631. The highest BCUT2D eigenvalue weighted by Gasteiger charge is 2.04. The average molecular weight is 328 g/mol. The van der Waals surface area contributed by atoms with Crippen LogP contribution >= 0.6 is 0 Å². The number of benzene rings is 2. The molecule has 2 amide bonds. The monoisotopic (exact) mass is 328 g/mol. The van der Waals surface area contributed by atoms with E-state index in [1.165, 1.54) is 6.92 Å². The second-order valence-corrected chi connectivity index (χ2v) is 5.10. The van der Waals surface area contributed by atoms with Crippen molar-refractivity contribution in [3.63, 3.8) is 0 Å². The number of esters is 1. The first-order valence-corrected chi connectivity index (χ1v) is 7.53. The highest BCUT2D eigenvalue weighted by Crippen LogP contribution is 2.17. The topological polar surface area (TPSA) is 76.7 Å². The zero-order valence-electron chi connectivity index (χ0n) is 13.7. The summed E-state index contributed by atoms with van der Waals surface area (Å²) < 4.78 is 10.1. The summed E-state index contributed by atoms with van der Waals surface area (Å²) in [6.07, 6.45) is 0.713. The fourth-order valence-corrected chi connectivity index (χ4v) is 2.09. The number of methoxy groups -OCH3 is 1. The number of amides is 2. The molecule has 0 aliphatic heterocycles. The van der Waals surface area contributed by atoms with Gasteiger partial charge in [0, 0.05) is 25.2 Å². The van der Waals surface area contributed by atoms with Crippen LogP contribution < -0.4 is 20.1 Å². The molecule has 24 heavy (non-hydrogen) atoms. The van der Waals surface area contributed by atoms with Crippen LogP contribution in [0, 0.1) is 0 Å². The molecule has 0 radical (unpaired) electrons. The molecule has 0 saturated heterocycles. The largest absolute Gasteiger partial charge is 0.497 e. The molecule has 0 aliphatic rings. The number of ether oxygens (including phenoxy) is 2. The SMILES string of the molecule is COc1ccc(CCNC(=O)Nc2cccc(OC(C)=O)c2)cc1. The Kier molecular flexibility index (Phi) is 6.19. The van der Waals surface area contributed by atoms with Gasteiger partial charge >= 0.3 is 12.0 Å². The molecule has 2 aromatic rings. The summed E-state index contributed by atoms with van der Waals surface area (Å²) in [6, 6.07) is 14.0. The van der Waals surface area contributed by atoms with Crippen LogP contribution in [-0.4, -0.2) is 25.7 Å². The first-order chi connectivity index (χ1) is 11.6.